The highest BCUT2D eigenvalue weighted by atomic mass is 32.1. The Morgan fingerprint density at radius 1 is 1.39 bits per heavy atom. The minimum absolute atomic E-state index is 0.0353. The molecule has 2 aromatic rings. The Kier molecular flexibility index (Phi) is 4.33. The van der Waals surface area contributed by atoms with Gasteiger partial charge < -0.3 is 10.5 Å². The van der Waals surface area contributed by atoms with Crippen molar-refractivity contribution in [1.82, 2.24) is 4.98 Å². The Labute approximate surface area is 112 Å². The van der Waals surface area contributed by atoms with Gasteiger partial charge in [-0.15, -0.1) is 11.3 Å². The van der Waals surface area contributed by atoms with Gasteiger partial charge in [0.1, 0.15) is 5.75 Å². The predicted molar refractivity (Wildman–Crippen MR) is 75.0 cm³/mol. The van der Waals surface area contributed by atoms with Crippen LogP contribution >= 0.6 is 11.3 Å². The van der Waals surface area contributed by atoms with Crippen LogP contribution in [-0.4, -0.2) is 11.1 Å². The van der Waals surface area contributed by atoms with Gasteiger partial charge in [0, 0.05) is 24.0 Å². The van der Waals surface area contributed by atoms with Gasteiger partial charge in [-0.1, -0.05) is 12.1 Å². The van der Waals surface area contributed by atoms with Crippen LogP contribution < -0.4 is 10.5 Å². The summed E-state index contributed by atoms with van der Waals surface area (Å²) < 4.78 is 5.67. The topological polar surface area (TPSA) is 48.1 Å². The molecule has 0 aliphatic carbocycles. The number of nitrogens with two attached hydrogens (primary N) is 1. The summed E-state index contributed by atoms with van der Waals surface area (Å²) in [5.74, 6) is 0.872. The van der Waals surface area contributed by atoms with Gasteiger partial charge in [-0.05, 0) is 31.5 Å². The van der Waals surface area contributed by atoms with Crippen LogP contribution in [0.15, 0.2) is 35.8 Å². The third-order valence-electron chi connectivity index (χ3n) is 2.54. The molecule has 0 fully saturated rings. The van der Waals surface area contributed by atoms with Gasteiger partial charge in [-0.2, -0.15) is 0 Å². The monoisotopic (exact) mass is 262 g/mol. The van der Waals surface area contributed by atoms with Crippen molar-refractivity contribution in [1.29, 1.82) is 0 Å². The zero-order valence-corrected chi connectivity index (χ0v) is 11.5. The number of nitrogens with zero attached hydrogens (tertiary/aromatic N) is 1. The summed E-state index contributed by atoms with van der Waals surface area (Å²) in [6.45, 7) is 4.03. The van der Waals surface area contributed by atoms with Gasteiger partial charge in [0.25, 0.3) is 0 Å². The molecule has 1 heterocycles. The van der Waals surface area contributed by atoms with E-state index in [1.54, 1.807) is 11.3 Å². The maximum atomic E-state index is 6.20. The lowest BCUT2D eigenvalue weighted by atomic mass is 10.0. The Hall–Kier alpha value is -1.39. The highest BCUT2D eigenvalue weighted by Crippen LogP contribution is 2.22. The molecule has 4 heteroatoms. The Morgan fingerprint density at radius 2 is 2.22 bits per heavy atom. The zero-order valence-electron chi connectivity index (χ0n) is 10.7. The molecule has 18 heavy (non-hydrogen) atoms. The smallest absolute Gasteiger partial charge is 0.120 e. The van der Waals surface area contributed by atoms with Crippen molar-refractivity contribution in [3.8, 4) is 5.75 Å². The number of rotatable bonds is 5. The fraction of sp³-hybridized carbons (Fsp3) is 0.357. The fourth-order valence-corrected chi connectivity index (χ4v) is 2.43. The molecule has 1 aromatic heterocycles. The number of benzene rings is 1. The first-order valence-electron chi connectivity index (χ1n) is 6.05. The largest absolute Gasteiger partial charge is 0.491 e. The predicted octanol–water partition coefficient (Wildman–Crippen LogP) is 3.17. The first-order chi connectivity index (χ1) is 8.65. The van der Waals surface area contributed by atoms with Crippen molar-refractivity contribution >= 4 is 11.3 Å². The second-order valence-corrected chi connectivity index (χ2v) is 5.45. The molecular formula is C14H18N2OS. The molecule has 0 aliphatic heterocycles. The van der Waals surface area contributed by atoms with Gasteiger partial charge in [0.05, 0.1) is 11.1 Å². The van der Waals surface area contributed by atoms with Crippen molar-refractivity contribution in [2.45, 2.75) is 32.4 Å². The van der Waals surface area contributed by atoms with Gasteiger partial charge in [-0.3, -0.25) is 0 Å². The normalized spacial score (nSPS) is 12.7. The maximum absolute atomic E-state index is 6.20. The number of aromatic nitrogens is 1. The van der Waals surface area contributed by atoms with Crippen LogP contribution in [0.3, 0.4) is 0 Å². The van der Waals surface area contributed by atoms with Crippen LogP contribution in [0.2, 0.25) is 0 Å². The average molecular weight is 262 g/mol. The highest BCUT2D eigenvalue weighted by Gasteiger charge is 2.10. The zero-order chi connectivity index (χ0) is 13.0. The summed E-state index contributed by atoms with van der Waals surface area (Å²) >= 11 is 1.64. The summed E-state index contributed by atoms with van der Waals surface area (Å²) in [4.78, 5) is 4.26. The summed E-state index contributed by atoms with van der Waals surface area (Å²) in [6.07, 6.45) is 2.75. The van der Waals surface area contributed by atoms with Crippen LogP contribution in [0.4, 0.5) is 0 Å². The maximum Gasteiger partial charge on any atom is 0.120 e. The second-order valence-electron chi connectivity index (χ2n) is 4.48. The lowest BCUT2D eigenvalue weighted by Crippen LogP contribution is -2.13. The molecule has 1 atom stereocenters. The molecule has 0 spiro atoms. The molecule has 0 aliphatic rings. The van der Waals surface area contributed by atoms with Gasteiger partial charge >= 0.3 is 0 Å². The second kappa shape index (κ2) is 5.98. The first kappa shape index (κ1) is 13.1. The van der Waals surface area contributed by atoms with E-state index in [2.05, 4.69) is 4.98 Å². The van der Waals surface area contributed by atoms with E-state index in [0.29, 0.717) is 0 Å². The molecule has 0 saturated carbocycles. The van der Waals surface area contributed by atoms with E-state index < -0.39 is 0 Å². The lowest BCUT2D eigenvalue weighted by Gasteiger charge is -2.14. The summed E-state index contributed by atoms with van der Waals surface area (Å²) in [6, 6.07) is 7.95. The molecule has 0 radical (unpaired) electrons. The van der Waals surface area contributed by atoms with Crippen LogP contribution in [0.25, 0.3) is 0 Å². The Bertz CT molecular complexity index is 482. The van der Waals surface area contributed by atoms with Gasteiger partial charge in [-0.25, -0.2) is 4.98 Å². The van der Waals surface area contributed by atoms with Crippen molar-refractivity contribution in [2.24, 2.45) is 5.73 Å². The molecule has 1 aromatic carbocycles. The number of ether oxygens (including phenoxy) is 1. The average Bonchev–Trinajstić information content (AvgIpc) is 2.81. The van der Waals surface area contributed by atoms with E-state index in [0.717, 1.165) is 22.7 Å². The van der Waals surface area contributed by atoms with E-state index in [-0.39, 0.29) is 12.1 Å². The van der Waals surface area contributed by atoms with Crippen LogP contribution in [0.5, 0.6) is 5.75 Å². The van der Waals surface area contributed by atoms with Crippen molar-refractivity contribution in [3.63, 3.8) is 0 Å². The number of thiazole rings is 1. The van der Waals surface area contributed by atoms with E-state index in [1.807, 2.05) is 49.7 Å². The van der Waals surface area contributed by atoms with E-state index in [1.165, 1.54) is 0 Å². The third-order valence-corrected chi connectivity index (χ3v) is 3.34. The van der Waals surface area contributed by atoms with E-state index >= 15 is 0 Å². The van der Waals surface area contributed by atoms with Crippen molar-refractivity contribution in [2.75, 3.05) is 0 Å². The van der Waals surface area contributed by atoms with Crippen LogP contribution in [0, 0.1) is 0 Å². The molecule has 3 nitrogen and oxygen atoms in total. The molecule has 2 N–H and O–H groups in total. The molecule has 2 rings (SSSR count). The number of hydrogen-bond donors (Lipinski definition) is 1. The lowest BCUT2D eigenvalue weighted by molar-refractivity contribution is 0.242. The van der Waals surface area contributed by atoms with Gasteiger partial charge in [0.2, 0.25) is 0 Å². The van der Waals surface area contributed by atoms with E-state index in [9.17, 15) is 0 Å². The van der Waals surface area contributed by atoms with E-state index in [4.69, 9.17) is 10.5 Å². The summed E-state index contributed by atoms with van der Waals surface area (Å²) in [5, 5.41) is 3.04. The van der Waals surface area contributed by atoms with Crippen molar-refractivity contribution in [3.05, 3.63) is 46.4 Å². The third kappa shape index (κ3) is 3.55. The molecule has 0 amide bonds. The minimum Gasteiger partial charge on any atom is -0.491 e. The standard InChI is InChI=1S/C14H18N2OS/c1-10(2)17-12-5-3-4-11(8-12)13(15)9-14-16-6-7-18-14/h3-8,10,13H,9,15H2,1-2H3. The Morgan fingerprint density at radius 3 is 2.89 bits per heavy atom. The Balaban J connectivity index is 2.07. The van der Waals surface area contributed by atoms with Crippen LogP contribution in [-0.2, 0) is 6.42 Å². The molecule has 0 bridgehead atoms. The molecule has 96 valence electrons. The minimum atomic E-state index is -0.0353. The highest BCUT2D eigenvalue weighted by molar-refractivity contribution is 7.09. The quantitative estimate of drug-likeness (QED) is 0.900. The SMILES string of the molecule is CC(C)Oc1cccc(C(N)Cc2nccs2)c1. The summed E-state index contributed by atoms with van der Waals surface area (Å²) in [5.41, 5.74) is 7.28. The fourth-order valence-electron chi connectivity index (χ4n) is 1.75. The summed E-state index contributed by atoms with van der Waals surface area (Å²) in [7, 11) is 0. The van der Waals surface area contributed by atoms with Crippen LogP contribution in [0.1, 0.15) is 30.5 Å². The molecular weight excluding hydrogens is 244 g/mol. The van der Waals surface area contributed by atoms with Gasteiger partial charge in [0.15, 0.2) is 0 Å². The molecule has 1 unspecified atom stereocenters. The number of hydrogen-bond acceptors (Lipinski definition) is 4. The molecule has 0 saturated heterocycles. The van der Waals surface area contributed by atoms with Crippen molar-refractivity contribution < 1.29 is 4.74 Å². The first-order valence-corrected chi connectivity index (χ1v) is 6.93.